The third-order valence-electron chi connectivity index (χ3n) is 11.2. The SMILES string of the molecule is C.C=C1C[C@H]2C=Nc3cc(OCc4cc(C#CCNC(=O)CCOCCOCCOCCOCCN)cc(COc5cc6c(cc5OC)C(=O)N5CC(=C)C[C@H]5C=N6)c4)c(C)cc3C(=O)N2C1. The van der Waals surface area contributed by atoms with Crippen molar-refractivity contribution < 1.29 is 47.5 Å². The molecule has 67 heavy (non-hydrogen) atoms. The Balaban J connectivity index is 0.00000741. The molecule has 0 aliphatic carbocycles. The first kappa shape index (κ1) is 50.1. The molecule has 3 amide bonds. The van der Waals surface area contributed by atoms with Crippen molar-refractivity contribution in [2.45, 2.75) is 58.9 Å². The Hall–Kier alpha value is -6.35. The van der Waals surface area contributed by atoms with E-state index in [-0.39, 0.29) is 70.0 Å². The number of carbonyl (C=O) groups is 3. The molecule has 2 atom stereocenters. The first-order valence-electron chi connectivity index (χ1n) is 22.2. The minimum atomic E-state index is -0.189. The smallest absolute Gasteiger partial charge is 0.257 e. The number of nitrogens with two attached hydrogens (primary N) is 1. The monoisotopic (exact) mass is 918 g/mol. The second-order valence-electron chi connectivity index (χ2n) is 16.3. The van der Waals surface area contributed by atoms with Crippen LogP contribution in [0.25, 0.3) is 0 Å². The van der Waals surface area contributed by atoms with Crippen molar-refractivity contribution in [1.82, 2.24) is 15.1 Å². The summed E-state index contributed by atoms with van der Waals surface area (Å²) in [4.78, 5) is 52.5. The van der Waals surface area contributed by atoms with E-state index < -0.39 is 0 Å². The maximum Gasteiger partial charge on any atom is 0.257 e. The van der Waals surface area contributed by atoms with Crippen molar-refractivity contribution in [3.05, 3.63) is 100 Å². The van der Waals surface area contributed by atoms with Gasteiger partial charge in [-0.25, -0.2) is 0 Å². The first-order chi connectivity index (χ1) is 32.1. The van der Waals surface area contributed by atoms with Crippen LogP contribution in [0.1, 0.15) is 69.7 Å². The number of nitrogens with one attached hydrogen (secondary N) is 1. The third-order valence-corrected chi connectivity index (χ3v) is 11.2. The third kappa shape index (κ3) is 13.4. The molecule has 0 aromatic heterocycles. The molecule has 3 aromatic rings. The Labute approximate surface area is 393 Å². The topological polar surface area (TPSA) is 185 Å². The first-order valence-corrected chi connectivity index (χ1v) is 22.2. The number of hydrogen-bond donors (Lipinski definition) is 2. The number of fused-ring (bicyclic) bond motifs is 4. The lowest BCUT2D eigenvalue weighted by Gasteiger charge is -2.20. The fourth-order valence-corrected chi connectivity index (χ4v) is 7.93. The zero-order valence-electron chi connectivity index (χ0n) is 37.7. The van der Waals surface area contributed by atoms with Crippen LogP contribution in [-0.4, -0.2) is 138 Å². The number of hydrogen-bond acceptors (Lipinski definition) is 13. The summed E-state index contributed by atoms with van der Waals surface area (Å²) in [5, 5.41) is 2.83. The Bertz CT molecular complexity index is 2420. The fourth-order valence-electron chi connectivity index (χ4n) is 7.93. The van der Waals surface area contributed by atoms with Crippen LogP contribution in [0.15, 0.2) is 76.8 Å². The predicted molar refractivity (Wildman–Crippen MR) is 256 cm³/mol. The van der Waals surface area contributed by atoms with Crippen LogP contribution in [0.4, 0.5) is 11.4 Å². The summed E-state index contributed by atoms with van der Waals surface area (Å²) >= 11 is 0. The van der Waals surface area contributed by atoms with Gasteiger partial charge in [-0.15, -0.1) is 0 Å². The number of ether oxygens (including phenoxy) is 7. The van der Waals surface area contributed by atoms with Gasteiger partial charge in [0.2, 0.25) is 5.91 Å². The van der Waals surface area contributed by atoms with Gasteiger partial charge in [0.15, 0.2) is 11.5 Å². The highest BCUT2D eigenvalue weighted by Crippen LogP contribution is 2.39. The van der Waals surface area contributed by atoms with Crippen LogP contribution in [0.2, 0.25) is 0 Å². The lowest BCUT2D eigenvalue weighted by molar-refractivity contribution is -0.122. The van der Waals surface area contributed by atoms with Gasteiger partial charge in [0.1, 0.15) is 19.0 Å². The molecule has 16 heteroatoms. The molecule has 4 aliphatic rings. The number of carbonyl (C=O) groups excluding carboxylic acids is 3. The molecular formula is C51H62N6O10. The summed E-state index contributed by atoms with van der Waals surface area (Å²) < 4.78 is 40.2. The number of methoxy groups -OCH3 is 1. The predicted octanol–water partition coefficient (Wildman–Crippen LogP) is 5.65. The Morgan fingerprint density at radius 1 is 0.731 bits per heavy atom. The number of rotatable bonds is 22. The van der Waals surface area contributed by atoms with E-state index in [1.807, 2.05) is 48.4 Å². The molecular weight excluding hydrogens is 857 g/mol. The van der Waals surface area contributed by atoms with Crippen LogP contribution in [0, 0.1) is 18.8 Å². The molecule has 0 saturated carbocycles. The van der Waals surface area contributed by atoms with Gasteiger partial charge in [-0.3, -0.25) is 24.4 Å². The highest BCUT2D eigenvalue weighted by atomic mass is 16.6. The average molecular weight is 919 g/mol. The molecule has 3 aromatic carbocycles. The van der Waals surface area contributed by atoms with Crippen molar-refractivity contribution in [1.29, 1.82) is 0 Å². The van der Waals surface area contributed by atoms with Gasteiger partial charge in [0, 0.05) is 56.2 Å². The minimum absolute atomic E-state index is 0. The number of nitrogens with zero attached hydrogens (tertiary/aromatic N) is 4. The molecule has 356 valence electrons. The lowest BCUT2D eigenvalue weighted by Crippen LogP contribution is -2.35. The van der Waals surface area contributed by atoms with Crippen molar-refractivity contribution >= 4 is 41.5 Å². The van der Waals surface area contributed by atoms with Crippen molar-refractivity contribution in [3.8, 4) is 29.1 Å². The molecule has 0 radical (unpaired) electrons. The Morgan fingerprint density at radius 2 is 1.25 bits per heavy atom. The van der Waals surface area contributed by atoms with E-state index in [4.69, 9.17) is 38.9 Å². The van der Waals surface area contributed by atoms with E-state index in [0.717, 1.165) is 27.8 Å². The van der Waals surface area contributed by atoms with E-state index in [9.17, 15) is 14.4 Å². The molecule has 0 bridgehead atoms. The Morgan fingerprint density at radius 3 is 1.82 bits per heavy atom. The molecule has 2 fully saturated rings. The summed E-state index contributed by atoms with van der Waals surface area (Å²) in [5.41, 5.74) is 12.5. The maximum absolute atomic E-state index is 13.5. The second kappa shape index (κ2) is 24.4. The number of benzene rings is 3. The summed E-state index contributed by atoms with van der Waals surface area (Å²) in [5.74, 6) is 7.25. The summed E-state index contributed by atoms with van der Waals surface area (Å²) in [6.45, 7) is 15.4. The molecule has 16 nitrogen and oxygen atoms in total. The molecule has 0 unspecified atom stereocenters. The molecule has 0 spiro atoms. The standard InChI is InChI=1S/C50H58N6O10.CH4/c1-33-18-39-27-53-43-25-45(35(3)20-41(43)49(58)55(39)29-33)65-31-37-21-36(6-5-9-52-48(57)7-10-61-12-14-63-16-17-64-15-13-62-11-8-51)22-38(23-37)32-66-47-26-44-42(24-46(47)60-4)50(59)56-30-34(2)19-40(56)28-54-44;/h20-28,39-40H,1-2,7-19,29-32,51H2,3-4H3,(H,52,57);1H4/t39-,40-;/m0./s1. The summed E-state index contributed by atoms with van der Waals surface area (Å²) in [6.07, 6.45) is 5.16. The Kier molecular flexibility index (Phi) is 18.3. The lowest BCUT2D eigenvalue weighted by atomic mass is 10.1. The largest absolute Gasteiger partial charge is 0.493 e. The van der Waals surface area contributed by atoms with Crippen LogP contribution in [-0.2, 0) is 37.0 Å². The average Bonchev–Trinajstić information content (AvgIpc) is 3.82. The van der Waals surface area contributed by atoms with Gasteiger partial charge in [0.25, 0.3) is 11.8 Å². The van der Waals surface area contributed by atoms with Gasteiger partial charge < -0.3 is 54.0 Å². The van der Waals surface area contributed by atoms with Crippen molar-refractivity contribution in [3.63, 3.8) is 0 Å². The van der Waals surface area contributed by atoms with E-state index >= 15 is 0 Å². The summed E-state index contributed by atoms with van der Waals surface area (Å²) in [7, 11) is 1.53. The maximum atomic E-state index is 13.5. The van der Waals surface area contributed by atoms with Gasteiger partial charge >= 0.3 is 0 Å². The van der Waals surface area contributed by atoms with Crippen LogP contribution >= 0.6 is 0 Å². The van der Waals surface area contributed by atoms with E-state index in [2.05, 4.69) is 40.3 Å². The molecule has 7 rings (SSSR count). The van der Waals surface area contributed by atoms with Crippen molar-refractivity contribution in [2.24, 2.45) is 15.7 Å². The normalized spacial score (nSPS) is 16.8. The highest BCUT2D eigenvalue weighted by molar-refractivity contribution is 6.04. The van der Waals surface area contributed by atoms with Gasteiger partial charge in [-0.05, 0) is 66.8 Å². The molecule has 2 saturated heterocycles. The zero-order valence-corrected chi connectivity index (χ0v) is 37.7. The van der Waals surface area contributed by atoms with E-state index in [0.29, 0.717) is 124 Å². The summed E-state index contributed by atoms with van der Waals surface area (Å²) in [6, 6.07) is 12.6. The van der Waals surface area contributed by atoms with Crippen LogP contribution in [0.5, 0.6) is 17.2 Å². The van der Waals surface area contributed by atoms with Crippen molar-refractivity contribution in [2.75, 3.05) is 86.1 Å². The van der Waals surface area contributed by atoms with Gasteiger partial charge in [0.05, 0.1) is 101 Å². The molecule has 3 N–H and O–H groups in total. The van der Waals surface area contributed by atoms with Gasteiger partial charge in [-0.1, -0.05) is 43.6 Å². The minimum Gasteiger partial charge on any atom is -0.493 e. The van der Waals surface area contributed by atoms with Crippen LogP contribution in [0.3, 0.4) is 0 Å². The highest BCUT2D eigenvalue weighted by Gasteiger charge is 2.35. The van der Waals surface area contributed by atoms with E-state index in [1.165, 1.54) is 7.11 Å². The van der Waals surface area contributed by atoms with Crippen LogP contribution < -0.4 is 25.3 Å². The second-order valence-corrected chi connectivity index (χ2v) is 16.3. The number of aryl methyl sites for hydroxylation is 1. The number of amides is 3. The van der Waals surface area contributed by atoms with E-state index in [1.54, 1.807) is 23.2 Å². The quantitative estimate of drug-likeness (QED) is 0.0721. The zero-order chi connectivity index (χ0) is 46.4. The number of aliphatic imine (C=N–C) groups is 2. The molecule has 4 heterocycles. The molecule has 4 aliphatic heterocycles. The van der Waals surface area contributed by atoms with Gasteiger partial charge in [-0.2, -0.15) is 0 Å². The fraction of sp³-hybridized carbons (Fsp3) is 0.431.